The zero-order chi connectivity index (χ0) is 24.2. The Kier molecular flexibility index (Phi) is 6.34. The molecule has 2 aromatic heterocycles. The number of anilines is 1. The lowest BCUT2D eigenvalue weighted by Gasteiger charge is -2.31. The summed E-state index contributed by atoms with van der Waals surface area (Å²) in [5.41, 5.74) is 9.18. The van der Waals surface area contributed by atoms with Crippen LogP contribution in [-0.4, -0.2) is 39.9 Å². The van der Waals surface area contributed by atoms with E-state index in [1.54, 1.807) is 24.5 Å². The lowest BCUT2D eigenvalue weighted by molar-refractivity contribution is -0.126. The van der Waals surface area contributed by atoms with Gasteiger partial charge in [-0.3, -0.25) is 20.4 Å². The highest BCUT2D eigenvalue weighted by Crippen LogP contribution is 2.25. The summed E-state index contributed by atoms with van der Waals surface area (Å²) in [6.45, 7) is 3.32. The largest absolute Gasteiger partial charge is 0.340 e. The number of carbonyl (C=O) groups excluding carboxylic acids is 2. The van der Waals surface area contributed by atoms with E-state index in [0.717, 1.165) is 35.9 Å². The number of benzene rings is 2. The Hall–Kier alpha value is -4.33. The van der Waals surface area contributed by atoms with E-state index in [4.69, 9.17) is 4.98 Å². The van der Waals surface area contributed by atoms with Crippen LogP contribution in [0.1, 0.15) is 28.8 Å². The molecule has 4 aromatic rings. The van der Waals surface area contributed by atoms with Gasteiger partial charge in [0.1, 0.15) is 0 Å². The maximum Gasteiger partial charge on any atom is 0.270 e. The number of para-hydroxylation sites is 1. The monoisotopic (exact) mass is 466 g/mol. The van der Waals surface area contributed by atoms with Gasteiger partial charge >= 0.3 is 0 Å². The number of aryl methyl sites for hydroxylation is 1. The number of piperidine rings is 1. The second kappa shape index (κ2) is 9.89. The number of rotatable bonds is 4. The molecular formula is C27H26N6O2. The van der Waals surface area contributed by atoms with Crippen LogP contribution in [0.25, 0.3) is 22.2 Å². The first-order chi connectivity index (χ1) is 17.1. The van der Waals surface area contributed by atoms with Crippen LogP contribution in [0, 0.1) is 12.8 Å². The normalized spacial score (nSPS) is 15.6. The van der Waals surface area contributed by atoms with Gasteiger partial charge in [-0.25, -0.2) is 15.0 Å². The van der Waals surface area contributed by atoms with Gasteiger partial charge in [0.05, 0.1) is 22.7 Å². The number of pyridine rings is 1. The molecule has 2 N–H and O–H groups in total. The second-order valence-electron chi connectivity index (χ2n) is 8.72. The van der Waals surface area contributed by atoms with E-state index in [1.165, 1.54) is 0 Å². The van der Waals surface area contributed by atoms with Crippen LogP contribution >= 0.6 is 0 Å². The van der Waals surface area contributed by atoms with E-state index in [-0.39, 0.29) is 17.7 Å². The van der Waals surface area contributed by atoms with Crippen molar-refractivity contribution < 1.29 is 9.59 Å². The number of fused-ring (bicyclic) bond motifs is 1. The number of hydrogen-bond acceptors (Lipinski definition) is 6. The fourth-order valence-electron chi connectivity index (χ4n) is 4.35. The summed E-state index contributed by atoms with van der Waals surface area (Å²) in [6.07, 6.45) is 4.96. The van der Waals surface area contributed by atoms with Gasteiger partial charge in [-0.1, -0.05) is 48.0 Å². The number of amides is 2. The van der Waals surface area contributed by atoms with Crippen LogP contribution in [-0.2, 0) is 4.79 Å². The van der Waals surface area contributed by atoms with Crippen LogP contribution in [0.3, 0.4) is 0 Å². The fraction of sp³-hybridized carbons (Fsp3) is 0.222. The highest BCUT2D eigenvalue weighted by atomic mass is 16.2. The molecule has 8 nitrogen and oxygen atoms in total. The lowest BCUT2D eigenvalue weighted by atomic mass is 9.97. The minimum absolute atomic E-state index is 0.226. The van der Waals surface area contributed by atoms with Crippen LogP contribution < -0.4 is 15.8 Å². The molecule has 2 amide bonds. The van der Waals surface area contributed by atoms with Crippen molar-refractivity contribution in [3.05, 3.63) is 84.2 Å². The Balaban J connectivity index is 1.32. The molecule has 1 aliphatic rings. The molecule has 1 atom stereocenters. The average Bonchev–Trinajstić information content (AvgIpc) is 2.92. The van der Waals surface area contributed by atoms with Crippen molar-refractivity contribution in [1.82, 2.24) is 25.8 Å². The van der Waals surface area contributed by atoms with Crippen molar-refractivity contribution in [2.24, 2.45) is 5.92 Å². The third-order valence-electron chi connectivity index (χ3n) is 6.23. The average molecular weight is 467 g/mol. The summed E-state index contributed by atoms with van der Waals surface area (Å²) >= 11 is 0. The molecule has 176 valence electrons. The van der Waals surface area contributed by atoms with E-state index in [0.29, 0.717) is 29.3 Å². The summed E-state index contributed by atoms with van der Waals surface area (Å²) in [5, 5.41) is 0.722. The van der Waals surface area contributed by atoms with Crippen molar-refractivity contribution in [2.45, 2.75) is 19.8 Å². The molecule has 0 aliphatic carbocycles. The second-order valence-corrected chi connectivity index (χ2v) is 8.72. The highest BCUT2D eigenvalue weighted by molar-refractivity contribution is 6.07. The number of carbonyl (C=O) groups is 2. The molecule has 1 aliphatic heterocycles. The number of hydrazine groups is 1. The Morgan fingerprint density at radius 1 is 0.971 bits per heavy atom. The summed E-state index contributed by atoms with van der Waals surface area (Å²) in [7, 11) is 0. The van der Waals surface area contributed by atoms with Gasteiger partial charge in [0.15, 0.2) is 0 Å². The van der Waals surface area contributed by atoms with Gasteiger partial charge in [0, 0.05) is 36.4 Å². The lowest BCUT2D eigenvalue weighted by Crippen LogP contribution is -2.49. The first kappa shape index (κ1) is 22.5. The maximum absolute atomic E-state index is 13.2. The Labute approximate surface area is 203 Å². The standard InChI is InChI=1S/C27H26N6O2/c1-18-9-11-19(12-10-18)24-16-22(21-7-2-3-8-23(21)30-24)26(35)32-31-25(34)20-6-4-15-33(17-20)27-28-13-5-14-29-27/h2-3,5,7-14,16,20H,4,6,15,17H2,1H3,(H,31,34)(H,32,35). The van der Waals surface area contributed by atoms with E-state index in [1.807, 2.05) is 60.4 Å². The van der Waals surface area contributed by atoms with Crippen molar-refractivity contribution in [2.75, 3.05) is 18.0 Å². The van der Waals surface area contributed by atoms with Gasteiger partial charge in [0.2, 0.25) is 11.9 Å². The molecular weight excluding hydrogens is 440 g/mol. The summed E-state index contributed by atoms with van der Waals surface area (Å²) < 4.78 is 0. The zero-order valence-corrected chi connectivity index (χ0v) is 19.4. The van der Waals surface area contributed by atoms with Gasteiger partial charge < -0.3 is 4.90 Å². The SMILES string of the molecule is Cc1ccc(-c2cc(C(=O)NNC(=O)C3CCCN(c4ncccn4)C3)c3ccccc3n2)cc1. The minimum atomic E-state index is -0.385. The van der Waals surface area contributed by atoms with Crippen molar-refractivity contribution >= 4 is 28.7 Å². The fourth-order valence-corrected chi connectivity index (χ4v) is 4.35. The molecule has 0 radical (unpaired) electrons. The number of hydrogen-bond donors (Lipinski definition) is 2. The molecule has 5 rings (SSSR count). The summed E-state index contributed by atoms with van der Waals surface area (Å²) in [4.78, 5) is 41.4. The maximum atomic E-state index is 13.2. The zero-order valence-electron chi connectivity index (χ0n) is 19.4. The molecule has 2 aromatic carbocycles. The topological polar surface area (TPSA) is 100 Å². The molecule has 3 heterocycles. The van der Waals surface area contributed by atoms with Gasteiger partial charge in [-0.15, -0.1) is 0 Å². The van der Waals surface area contributed by atoms with E-state index < -0.39 is 0 Å². The van der Waals surface area contributed by atoms with Crippen LogP contribution in [0.5, 0.6) is 0 Å². The number of nitrogens with one attached hydrogen (secondary N) is 2. The van der Waals surface area contributed by atoms with E-state index in [9.17, 15) is 9.59 Å². The first-order valence-corrected chi connectivity index (χ1v) is 11.7. The smallest absolute Gasteiger partial charge is 0.270 e. The summed E-state index contributed by atoms with van der Waals surface area (Å²) in [5.74, 6) is -0.272. The van der Waals surface area contributed by atoms with Crippen LogP contribution in [0.4, 0.5) is 5.95 Å². The molecule has 35 heavy (non-hydrogen) atoms. The third-order valence-corrected chi connectivity index (χ3v) is 6.23. The minimum Gasteiger partial charge on any atom is -0.340 e. The first-order valence-electron chi connectivity index (χ1n) is 11.7. The van der Waals surface area contributed by atoms with Gasteiger partial charge in [0.25, 0.3) is 5.91 Å². The highest BCUT2D eigenvalue weighted by Gasteiger charge is 2.27. The Morgan fingerprint density at radius 3 is 2.54 bits per heavy atom. The number of nitrogens with zero attached hydrogens (tertiary/aromatic N) is 4. The van der Waals surface area contributed by atoms with Crippen molar-refractivity contribution in [3.63, 3.8) is 0 Å². The molecule has 8 heteroatoms. The van der Waals surface area contributed by atoms with Crippen molar-refractivity contribution in [3.8, 4) is 11.3 Å². The van der Waals surface area contributed by atoms with Gasteiger partial charge in [-0.05, 0) is 38.0 Å². The Morgan fingerprint density at radius 2 is 1.74 bits per heavy atom. The third kappa shape index (κ3) is 4.96. The predicted molar refractivity (Wildman–Crippen MR) is 134 cm³/mol. The molecule has 1 saturated heterocycles. The number of aromatic nitrogens is 3. The Bertz CT molecular complexity index is 1360. The van der Waals surface area contributed by atoms with E-state index >= 15 is 0 Å². The molecule has 0 saturated carbocycles. The molecule has 0 bridgehead atoms. The quantitative estimate of drug-likeness (QED) is 0.445. The van der Waals surface area contributed by atoms with E-state index in [2.05, 4.69) is 20.8 Å². The van der Waals surface area contributed by atoms with Crippen LogP contribution in [0.2, 0.25) is 0 Å². The molecule has 1 fully saturated rings. The van der Waals surface area contributed by atoms with Crippen molar-refractivity contribution in [1.29, 1.82) is 0 Å². The van der Waals surface area contributed by atoms with Crippen LogP contribution in [0.15, 0.2) is 73.1 Å². The molecule has 1 unspecified atom stereocenters. The predicted octanol–water partition coefficient (Wildman–Crippen LogP) is 3.68. The summed E-state index contributed by atoms with van der Waals surface area (Å²) in [6, 6.07) is 19.0. The van der Waals surface area contributed by atoms with Gasteiger partial charge in [-0.2, -0.15) is 0 Å². The molecule has 0 spiro atoms.